The Hall–Kier alpha value is -3.70. The first-order chi connectivity index (χ1) is 16.7. The molecule has 0 aliphatic carbocycles. The molecule has 1 amide bonds. The van der Waals surface area contributed by atoms with Crippen LogP contribution in [0.15, 0.2) is 61.1 Å². The Bertz CT molecular complexity index is 1490. The van der Waals surface area contributed by atoms with E-state index in [4.69, 9.17) is 16.3 Å². The molecule has 2 aromatic heterocycles. The zero-order valence-electron chi connectivity index (χ0n) is 18.5. The summed E-state index contributed by atoms with van der Waals surface area (Å²) >= 11 is 6.38. The van der Waals surface area contributed by atoms with E-state index in [-0.39, 0.29) is 6.54 Å². The highest BCUT2D eigenvalue weighted by molar-refractivity contribution is 7.91. The summed E-state index contributed by atoms with van der Waals surface area (Å²) in [5, 5.41) is 6.11. The number of halogens is 2. The van der Waals surface area contributed by atoms with Gasteiger partial charge in [0.1, 0.15) is 34.9 Å². The third kappa shape index (κ3) is 6.46. The first-order valence-corrected chi connectivity index (χ1v) is 12.9. The van der Waals surface area contributed by atoms with Gasteiger partial charge in [0.05, 0.1) is 10.5 Å². The first kappa shape index (κ1) is 24.4. The fraction of sp³-hybridized carbons (Fsp3) is 0.174. The number of carbonyl (C=O) groups excluding carboxylic acids is 1. The molecular weight excluding hydrogens is 497 g/mol. The van der Waals surface area contributed by atoms with E-state index < -0.39 is 27.3 Å². The van der Waals surface area contributed by atoms with Gasteiger partial charge in [-0.2, -0.15) is 0 Å². The summed E-state index contributed by atoms with van der Waals surface area (Å²) in [5.41, 5.74) is 2.01. The number of rotatable bonds is 9. The van der Waals surface area contributed by atoms with Crippen molar-refractivity contribution in [3.63, 3.8) is 0 Å². The number of benzene rings is 2. The molecule has 9 nitrogen and oxygen atoms in total. The normalized spacial score (nSPS) is 11.4. The van der Waals surface area contributed by atoms with Crippen LogP contribution in [-0.2, 0) is 21.2 Å². The van der Waals surface area contributed by atoms with Gasteiger partial charge in [-0.1, -0.05) is 17.7 Å². The van der Waals surface area contributed by atoms with Gasteiger partial charge in [-0.3, -0.25) is 4.79 Å². The van der Waals surface area contributed by atoms with Gasteiger partial charge in [-0.05, 0) is 36.4 Å². The van der Waals surface area contributed by atoms with Gasteiger partial charge in [0, 0.05) is 37.3 Å². The summed E-state index contributed by atoms with van der Waals surface area (Å²) in [7, 11) is -3.40. The highest BCUT2D eigenvalue weighted by atomic mass is 35.5. The molecule has 0 saturated carbocycles. The Morgan fingerprint density at radius 2 is 2.00 bits per heavy atom. The summed E-state index contributed by atoms with van der Waals surface area (Å²) in [6, 6.07) is 12.6. The number of sulfone groups is 1. The molecule has 2 heterocycles. The smallest absolute Gasteiger partial charge is 0.235 e. The number of amides is 1. The van der Waals surface area contributed by atoms with Crippen LogP contribution in [0.5, 0.6) is 11.5 Å². The molecule has 12 heteroatoms. The third-order valence-electron chi connectivity index (χ3n) is 4.84. The highest BCUT2D eigenvalue weighted by Crippen LogP contribution is 2.33. The van der Waals surface area contributed by atoms with Crippen LogP contribution in [0.25, 0.3) is 11.0 Å². The Labute approximate surface area is 205 Å². The van der Waals surface area contributed by atoms with E-state index in [1.54, 1.807) is 36.5 Å². The Kier molecular flexibility index (Phi) is 7.17. The topological polar surface area (TPSA) is 115 Å². The molecule has 4 rings (SSSR count). The van der Waals surface area contributed by atoms with Crippen molar-refractivity contribution < 1.29 is 22.3 Å². The molecule has 0 atom stereocenters. The van der Waals surface area contributed by atoms with Crippen LogP contribution in [-0.4, -0.2) is 47.4 Å². The zero-order chi connectivity index (χ0) is 25.0. The van der Waals surface area contributed by atoms with Gasteiger partial charge in [0.25, 0.3) is 0 Å². The van der Waals surface area contributed by atoms with Crippen molar-refractivity contribution >= 4 is 49.9 Å². The van der Waals surface area contributed by atoms with Crippen LogP contribution >= 0.6 is 11.6 Å². The second-order valence-electron chi connectivity index (χ2n) is 7.71. The summed E-state index contributed by atoms with van der Waals surface area (Å²) in [6.07, 6.45) is 4.23. The van der Waals surface area contributed by atoms with Crippen molar-refractivity contribution in [3.8, 4) is 11.5 Å². The second-order valence-corrected chi connectivity index (χ2v) is 10.3. The molecule has 0 spiro atoms. The minimum Gasteiger partial charge on any atom is -0.456 e. The summed E-state index contributed by atoms with van der Waals surface area (Å²) in [4.78, 5) is 20.4. The van der Waals surface area contributed by atoms with Crippen molar-refractivity contribution in [1.29, 1.82) is 0 Å². The quantitative estimate of drug-likeness (QED) is 0.346. The van der Waals surface area contributed by atoms with Crippen LogP contribution < -0.4 is 15.4 Å². The average molecular weight is 518 g/mol. The predicted molar refractivity (Wildman–Crippen MR) is 131 cm³/mol. The number of aromatic nitrogens is 3. The van der Waals surface area contributed by atoms with Gasteiger partial charge in [0.15, 0.2) is 15.7 Å². The van der Waals surface area contributed by atoms with Crippen LogP contribution in [0.1, 0.15) is 0 Å². The maximum absolute atomic E-state index is 13.4. The lowest BCUT2D eigenvalue weighted by Crippen LogP contribution is -2.32. The molecule has 0 bridgehead atoms. The van der Waals surface area contributed by atoms with E-state index in [1.807, 2.05) is 10.6 Å². The minimum absolute atomic E-state index is 0.227. The first-order valence-electron chi connectivity index (χ1n) is 10.4. The van der Waals surface area contributed by atoms with E-state index in [0.29, 0.717) is 45.6 Å². The fourth-order valence-electron chi connectivity index (χ4n) is 3.37. The van der Waals surface area contributed by atoms with E-state index in [9.17, 15) is 17.6 Å². The van der Waals surface area contributed by atoms with Crippen molar-refractivity contribution in [2.75, 3.05) is 23.9 Å². The SMILES string of the molecule is CS(=O)(=O)CC(=O)NCCn1ccc2ncnc(Nc3ccc(Oc4cccc(F)c4)c(Cl)c3)c21. The van der Waals surface area contributed by atoms with Crippen molar-refractivity contribution in [3.05, 3.63) is 71.9 Å². The van der Waals surface area contributed by atoms with Crippen LogP contribution in [0.4, 0.5) is 15.9 Å². The largest absolute Gasteiger partial charge is 0.456 e. The summed E-state index contributed by atoms with van der Waals surface area (Å²) < 4.78 is 43.4. The second kappa shape index (κ2) is 10.3. The van der Waals surface area contributed by atoms with Crippen LogP contribution in [0.3, 0.4) is 0 Å². The lowest BCUT2D eigenvalue weighted by atomic mass is 10.3. The third-order valence-corrected chi connectivity index (χ3v) is 5.92. The number of anilines is 2. The molecular formula is C23H21ClFN5O4S. The lowest BCUT2D eigenvalue weighted by Gasteiger charge is -2.13. The lowest BCUT2D eigenvalue weighted by molar-refractivity contribution is -0.118. The average Bonchev–Trinajstić information content (AvgIpc) is 3.19. The molecule has 0 saturated heterocycles. The molecule has 182 valence electrons. The molecule has 2 aromatic carbocycles. The monoisotopic (exact) mass is 517 g/mol. The highest BCUT2D eigenvalue weighted by Gasteiger charge is 2.13. The van der Waals surface area contributed by atoms with E-state index in [2.05, 4.69) is 20.6 Å². The van der Waals surface area contributed by atoms with E-state index >= 15 is 0 Å². The Morgan fingerprint density at radius 1 is 1.17 bits per heavy atom. The van der Waals surface area contributed by atoms with Gasteiger partial charge < -0.3 is 19.9 Å². The number of fused-ring (bicyclic) bond motifs is 1. The molecule has 0 aliphatic heterocycles. The van der Waals surface area contributed by atoms with Crippen LogP contribution in [0.2, 0.25) is 5.02 Å². The fourth-order valence-corrected chi connectivity index (χ4v) is 4.17. The minimum atomic E-state index is -3.40. The van der Waals surface area contributed by atoms with Gasteiger partial charge >= 0.3 is 0 Å². The molecule has 0 fully saturated rings. The summed E-state index contributed by atoms with van der Waals surface area (Å²) in [5.74, 6) is -0.334. The molecule has 35 heavy (non-hydrogen) atoms. The van der Waals surface area contributed by atoms with Crippen LogP contribution in [0, 0.1) is 5.82 Å². The zero-order valence-corrected chi connectivity index (χ0v) is 20.1. The maximum Gasteiger partial charge on any atom is 0.235 e. The molecule has 0 radical (unpaired) electrons. The molecule has 0 aliphatic rings. The predicted octanol–water partition coefficient (Wildman–Crippen LogP) is 3.92. The van der Waals surface area contributed by atoms with Crippen molar-refractivity contribution in [2.45, 2.75) is 6.54 Å². The summed E-state index contributed by atoms with van der Waals surface area (Å²) in [6.45, 7) is 0.604. The maximum atomic E-state index is 13.4. The van der Waals surface area contributed by atoms with Gasteiger partial charge in [-0.15, -0.1) is 0 Å². The molecule has 4 aromatic rings. The number of hydrogen-bond donors (Lipinski definition) is 2. The number of nitrogens with one attached hydrogen (secondary N) is 2. The Balaban J connectivity index is 1.49. The number of carbonyl (C=O) groups is 1. The standard InChI is InChI=1S/C23H21ClFN5O4S/c1-35(32,33)13-21(31)26-8-10-30-9-7-19-22(30)23(28-14-27-19)29-16-5-6-20(18(24)12-16)34-17-4-2-3-15(25)11-17/h2-7,9,11-12,14H,8,10,13H2,1H3,(H,26,31)(H,27,28,29). The van der Waals surface area contributed by atoms with Gasteiger partial charge in [-0.25, -0.2) is 22.8 Å². The number of ether oxygens (including phenoxy) is 1. The van der Waals surface area contributed by atoms with Crippen molar-refractivity contribution in [2.24, 2.45) is 0 Å². The Morgan fingerprint density at radius 3 is 2.74 bits per heavy atom. The van der Waals surface area contributed by atoms with Gasteiger partial charge in [0.2, 0.25) is 5.91 Å². The van der Waals surface area contributed by atoms with E-state index in [1.165, 1.54) is 18.5 Å². The van der Waals surface area contributed by atoms with E-state index in [0.717, 1.165) is 6.26 Å². The number of hydrogen-bond acceptors (Lipinski definition) is 7. The molecule has 2 N–H and O–H groups in total. The number of nitrogens with zero attached hydrogens (tertiary/aromatic N) is 3. The molecule has 0 unspecified atom stereocenters. The van der Waals surface area contributed by atoms with Crippen molar-refractivity contribution in [1.82, 2.24) is 19.9 Å².